The van der Waals surface area contributed by atoms with E-state index in [2.05, 4.69) is 28.6 Å². The summed E-state index contributed by atoms with van der Waals surface area (Å²) < 4.78 is 12.6. The van der Waals surface area contributed by atoms with Gasteiger partial charge in [-0.1, -0.05) is 13.8 Å². The van der Waals surface area contributed by atoms with Gasteiger partial charge in [-0.15, -0.1) is 10.2 Å². The smallest absolute Gasteiger partial charge is 0.332 e. The number of esters is 1. The lowest BCUT2D eigenvalue weighted by molar-refractivity contribution is -0.154. The summed E-state index contributed by atoms with van der Waals surface area (Å²) in [7, 11) is 0. The van der Waals surface area contributed by atoms with Crippen molar-refractivity contribution in [3.8, 4) is 0 Å². The first-order valence-electron chi connectivity index (χ1n) is 10.3. The number of hydrogen-bond acceptors (Lipinski definition) is 6. The van der Waals surface area contributed by atoms with E-state index < -0.39 is 18.0 Å². The molecule has 28 heavy (non-hydrogen) atoms. The van der Waals surface area contributed by atoms with Gasteiger partial charge >= 0.3 is 11.9 Å². The highest BCUT2D eigenvalue weighted by Crippen LogP contribution is 2.47. The van der Waals surface area contributed by atoms with E-state index >= 15 is 0 Å². The maximum atomic E-state index is 11.7. The van der Waals surface area contributed by atoms with Crippen LogP contribution in [0.15, 0.2) is 0 Å². The molecule has 0 radical (unpaired) electrons. The van der Waals surface area contributed by atoms with Gasteiger partial charge in [0.2, 0.25) is 0 Å². The van der Waals surface area contributed by atoms with E-state index in [-0.39, 0.29) is 19.6 Å². The summed E-state index contributed by atoms with van der Waals surface area (Å²) >= 11 is 0. The van der Waals surface area contributed by atoms with Gasteiger partial charge < -0.3 is 19.1 Å². The number of carboxylic acid groups (broad SMARTS) is 1. The highest BCUT2D eigenvalue weighted by atomic mass is 16.6. The molecule has 0 spiro atoms. The van der Waals surface area contributed by atoms with E-state index in [1.807, 2.05) is 0 Å². The maximum Gasteiger partial charge on any atom is 0.332 e. The average molecular weight is 393 g/mol. The number of nitrogens with zero attached hydrogens (tertiary/aromatic N) is 3. The molecule has 0 amide bonds. The topological polar surface area (TPSA) is 104 Å². The molecule has 1 heterocycles. The fourth-order valence-corrected chi connectivity index (χ4v) is 4.08. The molecular formula is C20H31N3O5. The second kappa shape index (κ2) is 9.03. The Balaban J connectivity index is 1.74. The zero-order valence-electron chi connectivity index (χ0n) is 17.0. The third kappa shape index (κ3) is 5.10. The summed E-state index contributed by atoms with van der Waals surface area (Å²) in [5.74, 6) is 1.77. The third-order valence-electron chi connectivity index (χ3n) is 5.42. The van der Waals surface area contributed by atoms with Crippen molar-refractivity contribution in [2.75, 3.05) is 13.2 Å². The van der Waals surface area contributed by atoms with E-state index in [1.165, 1.54) is 6.42 Å². The summed E-state index contributed by atoms with van der Waals surface area (Å²) in [4.78, 5) is 23.0. The van der Waals surface area contributed by atoms with Crippen LogP contribution in [-0.2, 0) is 19.1 Å². The fourth-order valence-electron chi connectivity index (χ4n) is 4.08. The zero-order chi connectivity index (χ0) is 20.3. The predicted molar refractivity (Wildman–Crippen MR) is 101 cm³/mol. The molecule has 156 valence electrons. The summed E-state index contributed by atoms with van der Waals surface area (Å²) in [5, 5.41) is 18.0. The monoisotopic (exact) mass is 393 g/mol. The third-order valence-corrected chi connectivity index (χ3v) is 5.42. The van der Waals surface area contributed by atoms with Crippen LogP contribution in [0.1, 0.15) is 89.0 Å². The van der Waals surface area contributed by atoms with Crippen LogP contribution in [-0.4, -0.2) is 45.0 Å². The molecule has 0 aliphatic heterocycles. The molecule has 2 aliphatic carbocycles. The van der Waals surface area contributed by atoms with E-state index in [9.17, 15) is 14.7 Å². The molecular weight excluding hydrogens is 362 g/mol. The van der Waals surface area contributed by atoms with Crippen molar-refractivity contribution >= 4 is 11.9 Å². The van der Waals surface area contributed by atoms with E-state index in [0.29, 0.717) is 23.7 Å². The zero-order valence-corrected chi connectivity index (χ0v) is 17.0. The van der Waals surface area contributed by atoms with Crippen molar-refractivity contribution in [2.24, 2.45) is 11.8 Å². The average Bonchev–Trinajstić information content (AvgIpc) is 3.33. The van der Waals surface area contributed by atoms with E-state index in [1.54, 1.807) is 6.92 Å². The van der Waals surface area contributed by atoms with Crippen LogP contribution in [0.4, 0.5) is 0 Å². The molecule has 0 saturated heterocycles. The lowest BCUT2D eigenvalue weighted by Crippen LogP contribution is -2.27. The second-order valence-electron chi connectivity index (χ2n) is 8.38. The minimum absolute atomic E-state index is 0.257. The summed E-state index contributed by atoms with van der Waals surface area (Å²) in [6.45, 7) is 6.17. The highest BCUT2D eigenvalue weighted by molar-refractivity contribution is 5.71. The Bertz CT molecular complexity index is 692. The molecule has 1 aromatic rings. The predicted octanol–water partition coefficient (Wildman–Crippen LogP) is 3.25. The Morgan fingerprint density at radius 3 is 2.54 bits per heavy atom. The van der Waals surface area contributed by atoms with Gasteiger partial charge in [-0.25, -0.2) is 4.79 Å². The van der Waals surface area contributed by atoms with Crippen LogP contribution >= 0.6 is 0 Å². The number of carbonyl (C=O) groups excluding carboxylic acids is 1. The number of aromatic nitrogens is 3. The van der Waals surface area contributed by atoms with Gasteiger partial charge in [0.25, 0.3) is 0 Å². The number of carbonyl (C=O) groups is 2. The Labute approximate surface area is 165 Å². The van der Waals surface area contributed by atoms with Crippen molar-refractivity contribution in [3.63, 3.8) is 0 Å². The molecule has 1 N–H and O–H groups in total. The molecule has 0 aromatic carbocycles. The summed E-state index contributed by atoms with van der Waals surface area (Å²) in [5.41, 5.74) is 0. The van der Waals surface area contributed by atoms with Crippen molar-refractivity contribution < 1.29 is 24.2 Å². The summed E-state index contributed by atoms with van der Waals surface area (Å²) in [6.07, 6.45) is 4.45. The van der Waals surface area contributed by atoms with Crippen LogP contribution in [0.2, 0.25) is 0 Å². The molecule has 2 fully saturated rings. The van der Waals surface area contributed by atoms with Crippen molar-refractivity contribution in [1.82, 2.24) is 14.8 Å². The van der Waals surface area contributed by atoms with Crippen LogP contribution in [0.3, 0.4) is 0 Å². The first-order valence-corrected chi connectivity index (χ1v) is 10.3. The minimum atomic E-state index is -0.999. The molecule has 0 bridgehead atoms. The fraction of sp³-hybridized carbons (Fsp3) is 0.800. The number of rotatable bonds is 11. The number of aliphatic carboxylic acids is 1. The lowest BCUT2D eigenvalue weighted by Gasteiger charge is -2.36. The molecule has 0 unspecified atom stereocenters. The SMILES string of the molecule is CCOC(=O)CO[C@@H](CC(=O)O)c1nnc([C@H]2C[C@@H](CC(C)C)C2)n1C1CC1. The summed E-state index contributed by atoms with van der Waals surface area (Å²) in [6, 6.07) is 0.312. The molecule has 1 aromatic heterocycles. The maximum absolute atomic E-state index is 11.7. The van der Waals surface area contributed by atoms with E-state index in [0.717, 1.165) is 37.4 Å². The van der Waals surface area contributed by atoms with Gasteiger partial charge in [0.05, 0.1) is 13.0 Å². The van der Waals surface area contributed by atoms with Gasteiger partial charge in [0.1, 0.15) is 18.5 Å². The van der Waals surface area contributed by atoms with Crippen LogP contribution in [0, 0.1) is 11.8 Å². The number of ether oxygens (including phenoxy) is 2. The Kier molecular flexibility index (Phi) is 6.69. The second-order valence-corrected chi connectivity index (χ2v) is 8.38. The normalized spacial score (nSPS) is 22.7. The van der Waals surface area contributed by atoms with Crippen LogP contribution in [0.25, 0.3) is 0 Å². The van der Waals surface area contributed by atoms with Gasteiger partial charge in [0, 0.05) is 12.0 Å². The molecule has 8 heteroatoms. The Morgan fingerprint density at radius 1 is 1.25 bits per heavy atom. The number of hydrogen-bond donors (Lipinski definition) is 1. The van der Waals surface area contributed by atoms with Crippen LogP contribution < -0.4 is 0 Å². The van der Waals surface area contributed by atoms with Crippen molar-refractivity contribution in [3.05, 3.63) is 11.6 Å². The molecule has 2 aliphatic rings. The van der Waals surface area contributed by atoms with E-state index in [4.69, 9.17) is 9.47 Å². The molecule has 3 rings (SSSR count). The standard InChI is InChI=1S/C20H31N3O5/c1-4-27-18(26)11-28-16(10-17(24)25)20-22-21-19(23(20)15-5-6-15)14-8-13(9-14)7-12(2)3/h12-16H,4-11H2,1-3H3,(H,24,25)/t13-,14+,16-/m0/s1. The molecule has 1 atom stereocenters. The van der Waals surface area contributed by atoms with Gasteiger partial charge in [-0.2, -0.15) is 0 Å². The van der Waals surface area contributed by atoms with Crippen molar-refractivity contribution in [1.29, 1.82) is 0 Å². The molecule has 2 saturated carbocycles. The molecule has 8 nitrogen and oxygen atoms in total. The first kappa shape index (κ1) is 20.8. The quantitative estimate of drug-likeness (QED) is 0.576. The minimum Gasteiger partial charge on any atom is -0.481 e. The largest absolute Gasteiger partial charge is 0.481 e. The Morgan fingerprint density at radius 2 is 1.96 bits per heavy atom. The van der Waals surface area contributed by atoms with Gasteiger partial charge in [0.15, 0.2) is 5.82 Å². The van der Waals surface area contributed by atoms with Crippen LogP contribution in [0.5, 0.6) is 0 Å². The lowest BCUT2D eigenvalue weighted by atomic mass is 9.71. The van der Waals surface area contributed by atoms with Gasteiger partial charge in [-0.3, -0.25) is 4.79 Å². The Hall–Kier alpha value is -1.96. The highest BCUT2D eigenvalue weighted by Gasteiger charge is 2.40. The first-order chi connectivity index (χ1) is 13.4. The number of carboxylic acids is 1. The van der Waals surface area contributed by atoms with Crippen molar-refractivity contribution in [2.45, 2.75) is 77.4 Å². The van der Waals surface area contributed by atoms with Gasteiger partial charge in [-0.05, 0) is 50.9 Å².